The zero-order chi connectivity index (χ0) is 19.3. The van der Waals surface area contributed by atoms with E-state index in [9.17, 15) is 13.2 Å². The minimum Gasteiger partial charge on any atom is -0.309 e. The fourth-order valence-corrected chi connectivity index (χ4v) is 4.65. The van der Waals surface area contributed by atoms with Gasteiger partial charge in [-0.3, -0.25) is 4.79 Å². The maximum atomic E-state index is 12.8. The largest absolute Gasteiger partial charge is 0.309 e. The van der Waals surface area contributed by atoms with Gasteiger partial charge in [-0.1, -0.05) is 0 Å². The number of carbonyl (C=O) groups excluding carboxylic acids is 1. The van der Waals surface area contributed by atoms with Gasteiger partial charge in [0.2, 0.25) is 11.9 Å². The molecule has 1 aliphatic carbocycles. The first-order chi connectivity index (χ1) is 12.7. The normalized spacial score (nSPS) is 19.1. The number of hydrogen-bond acceptors (Lipinski definition) is 5. The summed E-state index contributed by atoms with van der Waals surface area (Å²) in [6.45, 7) is 5.30. The molecule has 1 aromatic heterocycles. The summed E-state index contributed by atoms with van der Waals surface area (Å²) in [5.74, 6) is 0.473. The van der Waals surface area contributed by atoms with Gasteiger partial charge >= 0.3 is 0 Å². The molecular weight excluding hydrogens is 364 g/mol. The van der Waals surface area contributed by atoms with Crippen LogP contribution in [0.4, 0.5) is 11.6 Å². The maximum Gasteiger partial charge on any atom is 0.264 e. The van der Waals surface area contributed by atoms with Crippen LogP contribution in [-0.2, 0) is 21.2 Å². The third-order valence-electron chi connectivity index (χ3n) is 5.01. The van der Waals surface area contributed by atoms with Crippen LogP contribution in [0.3, 0.4) is 0 Å². The maximum absolute atomic E-state index is 12.8. The number of sulfonamides is 1. The Labute approximate surface area is 158 Å². The Kier molecular flexibility index (Phi) is 4.18. The summed E-state index contributed by atoms with van der Waals surface area (Å²) < 4.78 is 28.2. The highest BCUT2D eigenvalue weighted by Crippen LogP contribution is 2.39. The Morgan fingerprint density at radius 3 is 2.63 bits per heavy atom. The molecule has 1 aromatic carbocycles. The second-order valence-corrected chi connectivity index (χ2v) is 9.05. The van der Waals surface area contributed by atoms with Crippen LogP contribution in [0.1, 0.15) is 49.6 Å². The average molecular weight is 386 g/mol. The summed E-state index contributed by atoms with van der Waals surface area (Å²) in [6.07, 6.45) is 2.79. The van der Waals surface area contributed by atoms with Gasteiger partial charge < -0.3 is 4.90 Å². The fraction of sp³-hybridized carbons (Fsp3) is 0.421. The number of rotatable bonds is 4. The van der Waals surface area contributed by atoms with Crippen molar-refractivity contribution in [3.05, 3.63) is 41.2 Å². The molecule has 7 nitrogen and oxygen atoms in total. The van der Waals surface area contributed by atoms with Crippen molar-refractivity contribution >= 4 is 27.6 Å². The van der Waals surface area contributed by atoms with Crippen LogP contribution in [0, 0.1) is 6.92 Å². The second-order valence-electron chi connectivity index (χ2n) is 7.37. The molecule has 1 atom stereocenters. The lowest BCUT2D eigenvalue weighted by molar-refractivity contribution is -0.116. The molecule has 1 amide bonds. The van der Waals surface area contributed by atoms with Crippen molar-refractivity contribution in [3.63, 3.8) is 0 Å². The SMILES string of the molecule is CC(=O)N1c2ccc(S(=O)(=O)Nc3nc(C)cc(C4CC4)n3)cc2CC1C. The highest BCUT2D eigenvalue weighted by Gasteiger charge is 2.31. The van der Waals surface area contributed by atoms with Gasteiger partial charge in [0, 0.05) is 36.0 Å². The van der Waals surface area contributed by atoms with Crippen molar-refractivity contribution in [2.24, 2.45) is 0 Å². The Balaban J connectivity index is 1.64. The quantitative estimate of drug-likeness (QED) is 0.872. The van der Waals surface area contributed by atoms with Crippen molar-refractivity contribution in [2.45, 2.75) is 56.9 Å². The number of benzene rings is 1. The molecule has 1 saturated carbocycles. The van der Waals surface area contributed by atoms with Crippen LogP contribution in [0.25, 0.3) is 0 Å². The van der Waals surface area contributed by atoms with Gasteiger partial charge in [0.05, 0.1) is 4.90 Å². The Morgan fingerprint density at radius 2 is 1.96 bits per heavy atom. The minimum absolute atomic E-state index is 0.0182. The number of amides is 1. The zero-order valence-corrected chi connectivity index (χ0v) is 16.4. The third-order valence-corrected chi connectivity index (χ3v) is 6.34. The molecule has 4 rings (SSSR count). The lowest BCUT2D eigenvalue weighted by Crippen LogP contribution is -2.33. The molecule has 0 radical (unpaired) electrons. The number of carbonyl (C=O) groups is 1. The minimum atomic E-state index is -3.81. The summed E-state index contributed by atoms with van der Waals surface area (Å²) in [5, 5.41) is 0. The number of hydrogen-bond donors (Lipinski definition) is 1. The van der Waals surface area contributed by atoms with E-state index >= 15 is 0 Å². The van der Waals surface area contributed by atoms with Gasteiger partial charge in [-0.25, -0.2) is 23.1 Å². The number of fused-ring (bicyclic) bond motifs is 1. The van der Waals surface area contributed by atoms with Gasteiger partial charge in [0.1, 0.15) is 0 Å². The molecule has 142 valence electrons. The summed E-state index contributed by atoms with van der Waals surface area (Å²) in [4.78, 5) is 22.3. The van der Waals surface area contributed by atoms with E-state index in [0.29, 0.717) is 12.3 Å². The molecule has 2 heterocycles. The standard InChI is InChI=1S/C19H22N4O3S/c1-11-8-17(14-4-5-14)21-19(20-11)22-27(25,26)16-6-7-18-15(10-16)9-12(2)23(18)13(3)24/h6-8,10,12,14H,4-5,9H2,1-3H3,(H,20,21,22). The van der Waals surface area contributed by atoms with Gasteiger partial charge in [0.15, 0.2) is 0 Å². The summed E-state index contributed by atoms with van der Waals surface area (Å²) >= 11 is 0. The monoisotopic (exact) mass is 386 g/mol. The van der Waals surface area contributed by atoms with E-state index in [1.165, 1.54) is 13.0 Å². The lowest BCUT2D eigenvalue weighted by atomic mass is 10.1. The summed E-state index contributed by atoms with van der Waals surface area (Å²) in [7, 11) is -3.81. The zero-order valence-electron chi connectivity index (χ0n) is 15.6. The molecular formula is C19H22N4O3S. The highest BCUT2D eigenvalue weighted by molar-refractivity contribution is 7.92. The summed E-state index contributed by atoms with van der Waals surface area (Å²) in [5.41, 5.74) is 3.26. The highest BCUT2D eigenvalue weighted by atomic mass is 32.2. The predicted octanol–water partition coefficient (Wildman–Crippen LogP) is 2.76. The Morgan fingerprint density at radius 1 is 1.22 bits per heavy atom. The van der Waals surface area contributed by atoms with Crippen molar-refractivity contribution in [1.82, 2.24) is 9.97 Å². The molecule has 2 aliphatic rings. The second kappa shape index (κ2) is 6.30. The fourth-order valence-electron chi connectivity index (χ4n) is 3.66. The molecule has 27 heavy (non-hydrogen) atoms. The predicted molar refractivity (Wildman–Crippen MR) is 102 cm³/mol. The first kappa shape index (κ1) is 17.9. The van der Waals surface area contributed by atoms with Crippen LogP contribution in [-0.4, -0.2) is 30.3 Å². The van der Waals surface area contributed by atoms with Crippen LogP contribution >= 0.6 is 0 Å². The van der Waals surface area contributed by atoms with E-state index in [4.69, 9.17) is 0 Å². The van der Waals surface area contributed by atoms with Crippen molar-refractivity contribution in [1.29, 1.82) is 0 Å². The molecule has 1 unspecified atom stereocenters. The first-order valence-electron chi connectivity index (χ1n) is 9.06. The smallest absolute Gasteiger partial charge is 0.264 e. The van der Waals surface area contributed by atoms with Gasteiger partial charge in [-0.2, -0.15) is 0 Å². The van der Waals surface area contributed by atoms with Crippen LogP contribution in [0.5, 0.6) is 0 Å². The molecule has 1 N–H and O–H groups in total. The van der Waals surface area contributed by atoms with E-state index in [2.05, 4.69) is 14.7 Å². The van der Waals surface area contributed by atoms with Crippen molar-refractivity contribution < 1.29 is 13.2 Å². The van der Waals surface area contributed by atoms with E-state index in [0.717, 1.165) is 35.5 Å². The Hall–Kier alpha value is -2.48. The lowest BCUT2D eigenvalue weighted by Gasteiger charge is -2.20. The average Bonchev–Trinajstić information content (AvgIpc) is 3.35. The topological polar surface area (TPSA) is 92.3 Å². The number of aryl methyl sites for hydroxylation is 1. The van der Waals surface area contributed by atoms with Crippen LogP contribution in [0.2, 0.25) is 0 Å². The van der Waals surface area contributed by atoms with Gasteiger partial charge in [-0.15, -0.1) is 0 Å². The molecule has 2 aromatic rings. The molecule has 1 aliphatic heterocycles. The molecule has 1 fully saturated rings. The van der Waals surface area contributed by atoms with Crippen molar-refractivity contribution in [2.75, 3.05) is 9.62 Å². The number of anilines is 2. The van der Waals surface area contributed by atoms with Gasteiger partial charge in [0.25, 0.3) is 10.0 Å². The third kappa shape index (κ3) is 3.41. The Bertz CT molecular complexity index is 1030. The van der Waals surface area contributed by atoms with Gasteiger partial charge in [-0.05, 0) is 62.9 Å². The molecule has 8 heteroatoms. The molecule has 0 spiro atoms. The van der Waals surface area contributed by atoms with E-state index < -0.39 is 10.0 Å². The summed E-state index contributed by atoms with van der Waals surface area (Å²) in [6, 6.07) is 6.77. The molecule has 0 saturated heterocycles. The number of aromatic nitrogens is 2. The van der Waals surface area contributed by atoms with Crippen LogP contribution < -0.4 is 9.62 Å². The number of nitrogens with zero attached hydrogens (tertiary/aromatic N) is 3. The molecule has 0 bridgehead atoms. The van der Waals surface area contributed by atoms with Crippen molar-refractivity contribution in [3.8, 4) is 0 Å². The number of nitrogens with one attached hydrogen (secondary N) is 1. The van der Waals surface area contributed by atoms with E-state index in [-0.39, 0.29) is 22.8 Å². The van der Waals surface area contributed by atoms with E-state index in [1.807, 2.05) is 19.9 Å². The first-order valence-corrected chi connectivity index (χ1v) is 10.5. The van der Waals surface area contributed by atoms with Crippen LogP contribution in [0.15, 0.2) is 29.2 Å². The van der Waals surface area contributed by atoms with E-state index in [1.54, 1.807) is 17.0 Å².